The van der Waals surface area contributed by atoms with Crippen molar-refractivity contribution in [3.8, 4) is 0 Å². The second kappa shape index (κ2) is 11.9. The van der Waals surface area contributed by atoms with Crippen LogP contribution in [-0.4, -0.2) is 24.9 Å². The molecule has 1 aliphatic heterocycles. The Labute approximate surface area is 82.3 Å². The Hall–Kier alpha value is -0.0800. The quantitative estimate of drug-likeness (QED) is 0.492. The van der Waals surface area contributed by atoms with Gasteiger partial charge in [0.25, 0.3) is 0 Å². The van der Waals surface area contributed by atoms with Crippen LogP contribution in [0.1, 0.15) is 51.9 Å². The number of aliphatic hydroxyl groups excluding tert-OH is 1. The lowest BCUT2D eigenvalue weighted by atomic mass is 10.1. The Morgan fingerprint density at radius 3 is 1.77 bits per heavy atom. The minimum Gasteiger partial charge on any atom is -0.396 e. The Balaban J connectivity index is 0.000000396. The highest BCUT2D eigenvalue weighted by Gasteiger charge is 1.94. The molecule has 0 aromatic carbocycles. The fourth-order valence-corrected chi connectivity index (χ4v) is 1.07. The van der Waals surface area contributed by atoms with Crippen LogP contribution in [-0.2, 0) is 4.74 Å². The van der Waals surface area contributed by atoms with Crippen molar-refractivity contribution >= 4 is 0 Å². The lowest BCUT2D eigenvalue weighted by molar-refractivity contribution is 0.282. The largest absolute Gasteiger partial charge is 0.396 e. The number of aliphatic hydroxyl groups is 1. The van der Waals surface area contributed by atoms with Crippen LogP contribution >= 0.6 is 0 Å². The number of epoxide rings is 1. The molecule has 1 fully saturated rings. The Bertz CT molecular complexity index is 71.4. The van der Waals surface area contributed by atoms with Crippen LogP contribution < -0.4 is 0 Å². The van der Waals surface area contributed by atoms with E-state index in [1.807, 2.05) is 0 Å². The van der Waals surface area contributed by atoms with Crippen molar-refractivity contribution < 1.29 is 9.84 Å². The van der Waals surface area contributed by atoms with Gasteiger partial charge in [-0.1, -0.05) is 45.4 Å². The molecule has 1 heterocycles. The van der Waals surface area contributed by atoms with E-state index in [0.29, 0.717) is 6.61 Å². The van der Waals surface area contributed by atoms with E-state index in [-0.39, 0.29) is 0 Å². The van der Waals surface area contributed by atoms with Crippen molar-refractivity contribution in [3.63, 3.8) is 0 Å². The summed E-state index contributed by atoms with van der Waals surface area (Å²) in [5, 5.41) is 8.47. The molecule has 2 heteroatoms. The van der Waals surface area contributed by atoms with Crippen molar-refractivity contribution in [3.05, 3.63) is 0 Å². The van der Waals surface area contributed by atoms with E-state index < -0.39 is 0 Å². The molecule has 0 aliphatic carbocycles. The van der Waals surface area contributed by atoms with Gasteiger partial charge in [-0.05, 0) is 6.42 Å². The highest BCUT2D eigenvalue weighted by Crippen LogP contribution is 2.05. The highest BCUT2D eigenvalue weighted by molar-refractivity contribution is 4.43. The van der Waals surface area contributed by atoms with E-state index in [1.54, 1.807) is 0 Å². The van der Waals surface area contributed by atoms with Crippen LogP contribution in [0, 0.1) is 0 Å². The van der Waals surface area contributed by atoms with Gasteiger partial charge in [-0.3, -0.25) is 0 Å². The number of hydrogen-bond donors (Lipinski definition) is 1. The van der Waals surface area contributed by atoms with Crippen LogP contribution in [0.25, 0.3) is 0 Å². The first-order valence-corrected chi connectivity index (χ1v) is 5.60. The van der Waals surface area contributed by atoms with Gasteiger partial charge in [0.2, 0.25) is 0 Å². The van der Waals surface area contributed by atoms with Crippen LogP contribution in [0.15, 0.2) is 0 Å². The van der Waals surface area contributed by atoms with Crippen LogP contribution in [0.3, 0.4) is 0 Å². The fourth-order valence-electron chi connectivity index (χ4n) is 1.07. The fraction of sp³-hybridized carbons (Fsp3) is 1.00. The summed E-state index contributed by atoms with van der Waals surface area (Å²) in [6.45, 7) is 4.60. The molecule has 1 saturated heterocycles. The summed E-state index contributed by atoms with van der Waals surface area (Å²) < 4.78 is 4.50. The molecule has 1 aliphatic rings. The number of hydrogen-bond acceptors (Lipinski definition) is 2. The summed E-state index contributed by atoms with van der Waals surface area (Å²) in [7, 11) is 0. The summed E-state index contributed by atoms with van der Waals surface area (Å²) >= 11 is 0. The second-order valence-electron chi connectivity index (χ2n) is 3.46. The van der Waals surface area contributed by atoms with Gasteiger partial charge in [0.15, 0.2) is 0 Å². The molecule has 0 saturated carbocycles. The van der Waals surface area contributed by atoms with Crippen molar-refractivity contribution in [1.82, 2.24) is 0 Å². The monoisotopic (exact) mass is 188 g/mol. The molecule has 1 rings (SSSR count). The predicted octanol–water partition coefficient (Wildman–Crippen LogP) is 2.75. The summed E-state index contributed by atoms with van der Waals surface area (Å²) in [5.41, 5.74) is 0. The maximum absolute atomic E-state index is 8.47. The summed E-state index contributed by atoms with van der Waals surface area (Å²) in [6.07, 6.45) is 8.93. The smallest absolute Gasteiger partial charge is 0.0701 e. The average Bonchev–Trinajstić information content (AvgIpc) is 2.98. The maximum Gasteiger partial charge on any atom is 0.0701 e. The topological polar surface area (TPSA) is 32.8 Å². The van der Waals surface area contributed by atoms with Gasteiger partial charge in [0.1, 0.15) is 0 Å². The molecule has 0 unspecified atom stereocenters. The van der Waals surface area contributed by atoms with Gasteiger partial charge in [-0.2, -0.15) is 0 Å². The maximum atomic E-state index is 8.47. The molecule has 13 heavy (non-hydrogen) atoms. The first kappa shape index (κ1) is 12.9. The van der Waals surface area contributed by atoms with Gasteiger partial charge in [0, 0.05) is 6.61 Å². The molecule has 2 nitrogen and oxygen atoms in total. The third-order valence-electron chi connectivity index (χ3n) is 1.97. The summed E-state index contributed by atoms with van der Waals surface area (Å²) in [4.78, 5) is 0. The molecular formula is C11H24O2. The van der Waals surface area contributed by atoms with Gasteiger partial charge in [-0.25, -0.2) is 0 Å². The molecule has 0 spiro atoms. The molecule has 0 amide bonds. The molecule has 1 N–H and O–H groups in total. The predicted molar refractivity (Wildman–Crippen MR) is 55.9 cm³/mol. The van der Waals surface area contributed by atoms with E-state index >= 15 is 0 Å². The normalized spacial score (nSPS) is 13.4. The SMILES string of the molecule is C1CO1.CCCCCCCCCO. The van der Waals surface area contributed by atoms with E-state index in [0.717, 1.165) is 19.6 Å². The summed E-state index contributed by atoms with van der Waals surface area (Å²) in [5.74, 6) is 0. The lowest BCUT2D eigenvalue weighted by Crippen LogP contribution is -1.83. The zero-order valence-electron chi connectivity index (χ0n) is 8.93. The first-order chi connectivity index (χ1) is 6.41. The number of ether oxygens (including phenoxy) is 1. The van der Waals surface area contributed by atoms with E-state index in [2.05, 4.69) is 11.7 Å². The zero-order valence-corrected chi connectivity index (χ0v) is 8.93. The third-order valence-corrected chi connectivity index (χ3v) is 1.97. The van der Waals surface area contributed by atoms with Gasteiger partial charge >= 0.3 is 0 Å². The molecule has 0 radical (unpaired) electrons. The Kier molecular flexibility index (Phi) is 11.8. The summed E-state index contributed by atoms with van der Waals surface area (Å²) in [6, 6.07) is 0. The third kappa shape index (κ3) is 18.7. The first-order valence-electron chi connectivity index (χ1n) is 5.60. The molecule has 0 atom stereocenters. The van der Waals surface area contributed by atoms with E-state index in [9.17, 15) is 0 Å². The minimum atomic E-state index is 0.369. The highest BCUT2D eigenvalue weighted by atomic mass is 16.6. The number of unbranched alkanes of at least 4 members (excludes halogenated alkanes) is 6. The minimum absolute atomic E-state index is 0.369. The van der Waals surface area contributed by atoms with Gasteiger partial charge in [-0.15, -0.1) is 0 Å². The number of rotatable bonds is 7. The standard InChI is InChI=1S/C9H20O.C2H4O/c1-2-3-4-5-6-7-8-9-10;1-2-3-1/h10H,2-9H2,1H3;1-2H2. The van der Waals surface area contributed by atoms with Crippen molar-refractivity contribution in [2.75, 3.05) is 19.8 Å². The van der Waals surface area contributed by atoms with Crippen LogP contribution in [0.2, 0.25) is 0 Å². The second-order valence-corrected chi connectivity index (χ2v) is 3.46. The molecule has 0 aromatic heterocycles. The Morgan fingerprint density at radius 2 is 1.38 bits per heavy atom. The molecular weight excluding hydrogens is 164 g/mol. The zero-order chi connectivity index (χ0) is 9.78. The molecule has 80 valence electrons. The van der Waals surface area contributed by atoms with Crippen molar-refractivity contribution in [1.29, 1.82) is 0 Å². The van der Waals surface area contributed by atoms with Crippen molar-refractivity contribution in [2.45, 2.75) is 51.9 Å². The van der Waals surface area contributed by atoms with Crippen LogP contribution in [0.4, 0.5) is 0 Å². The van der Waals surface area contributed by atoms with Crippen molar-refractivity contribution in [2.24, 2.45) is 0 Å². The van der Waals surface area contributed by atoms with Crippen LogP contribution in [0.5, 0.6) is 0 Å². The van der Waals surface area contributed by atoms with E-state index in [1.165, 1.54) is 38.5 Å². The molecule has 0 aromatic rings. The van der Waals surface area contributed by atoms with Gasteiger partial charge < -0.3 is 9.84 Å². The Morgan fingerprint density at radius 1 is 0.923 bits per heavy atom. The molecule has 0 bridgehead atoms. The average molecular weight is 188 g/mol. The lowest BCUT2D eigenvalue weighted by Gasteiger charge is -1.97. The van der Waals surface area contributed by atoms with E-state index in [4.69, 9.17) is 5.11 Å². The van der Waals surface area contributed by atoms with Gasteiger partial charge in [0.05, 0.1) is 13.2 Å².